The number of carboxylic acids is 1. The molecule has 7 nitrogen and oxygen atoms in total. The van der Waals surface area contributed by atoms with Crippen molar-refractivity contribution in [2.75, 3.05) is 6.61 Å². The van der Waals surface area contributed by atoms with Gasteiger partial charge in [0.15, 0.2) is 0 Å². The number of aliphatic carboxylic acids is 1. The summed E-state index contributed by atoms with van der Waals surface area (Å²) in [5.41, 5.74) is 4.20. The van der Waals surface area contributed by atoms with Crippen molar-refractivity contribution in [1.82, 2.24) is 0 Å². The molecule has 0 aliphatic heterocycles. The second-order valence-electron chi connectivity index (χ2n) is 4.61. The highest BCUT2D eigenvalue weighted by molar-refractivity contribution is 6.32. The van der Waals surface area contributed by atoms with Gasteiger partial charge in [0, 0.05) is 6.07 Å². The van der Waals surface area contributed by atoms with E-state index in [0.717, 1.165) is 0 Å². The summed E-state index contributed by atoms with van der Waals surface area (Å²) in [5.74, 6) is -1.09. The lowest BCUT2D eigenvalue weighted by Crippen LogP contribution is -2.47. The van der Waals surface area contributed by atoms with Crippen LogP contribution in [0.2, 0.25) is 5.02 Å². The number of nitro benzene ring substituents is 1. The molecule has 3 N–H and O–H groups in total. The van der Waals surface area contributed by atoms with Gasteiger partial charge in [0.2, 0.25) is 5.75 Å². The lowest BCUT2D eigenvalue weighted by molar-refractivity contribution is -0.385. The number of para-hydroxylation sites is 1. The molecule has 1 aromatic rings. The number of ether oxygens (including phenoxy) is 1. The summed E-state index contributed by atoms with van der Waals surface area (Å²) >= 11 is 5.87. The average molecular weight is 317 g/mol. The number of carboxylic acid groups (broad SMARTS) is 1. The molecule has 0 radical (unpaired) electrons. The number of benzene rings is 1. The van der Waals surface area contributed by atoms with E-state index < -0.39 is 16.4 Å². The van der Waals surface area contributed by atoms with Gasteiger partial charge in [-0.05, 0) is 25.3 Å². The Morgan fingerprint density at radius 3 is 2.76 bits per heavy atom. The van der Waals surface area contributed by atoms with Gasteiger partial charge >= 0.3 is 11.7 Å². The van der Waals surface area contributed by atoms with Gasteiger partial charge in [0.1, 0.15) is 5.54 Å². The topological polar surface area (TPSA) is 116 Å². The minimum atomic E-state index is -1.31. The lowest BCUT2D eigenvalue weighted by Gasteiger charge is -2.22. The summed E-state index contributed by atoms with van der Waals surface area (Å²) in [6, 6.07) is 4.23. The van der Waals surface area contributed by atoms with Gasteiger partial charge in [-0.1, -0.05) is 24.6 Å². The van der Waals surface area contributed by atoms with E-state index in [1.807, 2.05) is 0 Å². The van der Waals surface area contributed by atoms with Crippen molar-refractivity contribution in [1.29, 1.82) is 0 Å². The minimum absolute atomic E-state index is 0.0152. The third-order valence-electron chi connectivity index (χ3n) is 3.21. The number of nitro groups is 1. The summed E-state index contributed by atoms with van der Waals surface area (Å²) in [6.45, 7) is 1.78. The maximum Gasteiger partial charge on any atom is 0.323 e. The first-order chi connectivity index (χ1) is 9.81. The number of nitrogens with two attached hydrogens (primary N) is 1. The minimum Gasteiger partial charge on any atom is -0.486 e. The molecule has 1 atom stereocenters. The van der Waals surface area contributed by atoms with E-state index in [1.165, 1.54) is 18.2 Å². The quantitative estimate of drug-likeness (QED) is 0.432. The van der Waals surface area contributed by atoms with E-state index in [9.17, 15) is 14.9 Å². The molecule has 1 aromatic carbocycles. The Kier molecular flexibility index (Phi) is 5.92. The van der Waals surface area contributed by atoms with Crippen LogP contribution in [0.1, 0.15) is 26.2 Å². The van der Waals surface area contributed by atoms with Gasteiger partial charge < -0.3 is 15.6 Å². The SMILES string of the molecule is CCC(N)(CCCOc1c(Cl)cccc1[N+](=O)[O-])C(=O)O. The molecule has 0 saturated heterocycles. The van der Waals surface area contributed by atoms with Gasteiger partial charge in [-0.3, -0.25) is 14.9 Å². The molecule has 1 rings (SSSR count). The van der Waals surface area contributed by atoms with Crippen LogP contribution in [0, 0.1) is 10.1 Å². The third kappa shape index (κ3) is 4.30. The average Bonchev–Trinajstić information content (AvgIpc) is 2.43. The monoisotopic (exact) mass is 316 g/mol. The summed E-state index contributed by atoms with van der Waals surface area (Å²) in [7, 11) is 0. The molecule has 0 spiro atoms. The van der Waals surface area contributed by atoms with Crippen LogP contribution in [0.15, 0.2) is 18.2 Å². The van der Waals surface area contributed by atoms with Crippen molar-refractivity contribution < 1.29 is 19.6 Å². The molecule has 0 aromatic heterocycles. The lowest BCUT2D eigenvalue weighted by atomic mass is 9.92. The Morgan fingerprint density at radius 1 is 1.57 bits per heavy atom. The molecule has 0 fully saturated rings. The maximum absolute atomic E-state index is 11.0. The van der Waals surface area contributed by atoms with Gasteiger partial charge in [0.05, 0.1) is 16.6 Å². The standard InChI is InChI=1S/C13H17ClN2O5/c1-2-13(15,12(17)18)7-4-8-21-11-9(14)5-3-6-10(11)16(19)20/h3,5-6H,2,4,7-8,15H2,1H3,(H,17,18). The van der Waals surface area contributed by atoms with Crippen LogP contribution < -0.4 is 10.5 Å². The smallest absolute Gasteiger partial charge is 0.323 e. The number of halogens is 1. The van der Waals surface area contributed by atoms with Crippen molar-refractivity contribution in [3.05, 3.63) is 33.3 Å². The van der Waals surface area contributed by atoms with Crippen LogP contribution in [-0.2, 0) is 4.79 Å². The Hall–Kier alpha value is -1.86. The van der Waals surface area contributed by atoms with Crippen LogP contribution in [0.4, 0.5) is 5.69 Å². The van der Waals surface area contributed by atoms with Crippen LogP contribution in [0.3, 0.4) is 0 Å². The Balaban J connectivity index is 2.65. The fourth-order valence-corrected chi connectivity index (χ4v) is 2.01. The van der Waals surface area contributed by atoms with Crippen molar-refractivity contribution in [2.45, 2.75) is 31.7 Å². The van der Waals surface area contributed by atoms with Crippen LogP contribution in [0.5, 0.6) is 5.75 Å². The Morgan fingerprint density at radius 2 is 2.24 bits per heavy atom. The highest BCUT2D eigenvalue weighted by Gasteiger charge is 2.31. The first-order valence-electron chi connectivity index (χ1n) is 6.40. The van der Waals surface area contributed by atoms with Gasteiger partial charge in [-0.15, -0.1) is 0 Å². The maximum atomic E-state index is 11.0. The zero-order chi connectivity index (χ0) is 16.0. The molecule has 1 unspecified atom stereocenters. The zero-order valence-corrected chi connectivity index (χ0v) is 12.3. The molecule has 0 amide bonds. The molecule has 0 aliphatic rings. The van der Waals surface area contributed by atoms with Crippen molar-refractivity contribution in [3.63, 3.8) is 0 Å². The summed E-state index contributed by atoms with van der Waals surface area (Å²) in [5, 5.41) is 20.0. The van der Waals surface area contributed by atoms with Crippen LogP contribution in [-0.4, -0.2) is 28.1 Å². The second kappa shape index (κ2) is 7.24. The van der Waals surface area contributed by atoms with Crippen LogP contribution in [0.25, 0.3) is 0 Å². The largest absolute Gasteiger partial charge is 0.486 e. The predicted molar refractivity (Wildman–Crippen MR) is 77.7 cm³/mol. The number of hydrogen-bond acceptors (Lipinski definition) is 5. The number of rotatable bonds is 8. The van der Waals surface area contributed by atoms with Crippen molar-refractivity contribution >= 4 is 23.3 Å². The Bertz CT molecular complexity index is 537. The highest BCUT2D eigenvalue weighted by atomic mass is 35.5. The first kappa shape index (κ1) is 17.2. The summed E-state index contributed by atoms with van der Waals surface area (Å²) in [4.78, 5) is 21.3. The molecule has 0 bridgehead atoms. The second-order valence-corrected chi connectivity index (χ2v) is 5.02. The van der Waals surface area contributed by atoms with E-state index in [4.69, 9.17) is 27.2 Å². The third-order valence-corrected chi connectivity index (χ3v) is 3.51. The molecular formula is C13H17ClN2O5. The Labute approximate surface area is 126 Å². The van der Waals surface area contributed by atoms with Crippen molar-refractivity contribution in [3.8, 4) is 5.75 Å². The number of carbonyl (C=O) groups is 1. The fraction of sp³-hybridized carbons (Fsp3) is 0.462. The van der Waals surface area contributed by atoms with E-state index in [0.29, 0.717) is 6.42 Å². The van der Waals surface area contributed by atoms with E-state index in [1.54, 1.807) is 6.92 Å². The predicted octanol–water partition coefficient (Wildman–Crippen LogP) is 2.60. The van der Waals surface area contributed by atoms with E-state index in [2.05, 4.69) is 0 Å². The molecule has 0 heterocycles. The van der Waals surface area contributed by atoms with E-state index >= 15 is 0 Å². The molecule has 116 valence electrons. The summed E-state index contributed by atoms with van der Waals surface area (Å²) < 4.78 is 5.33. The normalized spacial score (nSPS) is 13.5. The van der Waals surface area contributed by atoms with Crippen LogP contribution >= 0.6 is 11.6 Å². The molecule has 0 aliphatic carbocycles. The van der Waals surface area contributed by atoms with E-state index in [-0.39, 0.29) is 35.9 Å². The fourth-order valence-electron chi connectivity index (χ4n) is 1.78. The number of nitrogens with zero attached hydrogens (tertiary/aromatic N) is 1. The zero-order valence-electron chi connectivity index (χ0n) is 11.5. The van der Waals surface area contributed by atoms with Gasteiger partial charge in [-0.2, -0.15) is 0 Å². The first-order valence-corrected chi connectivity index (χ1v) is 6.77. The van der Waals surface area contributed by atoms with Crippen molar-refractivity contribution in [2.24, 2.45) is 5.73 Å². The highest BCUT2D eigenvalue weighted by Crippen LogP contribution is 2.34. The van der Waals surface area contributed by atoms with Gasteiger partial charge in [0.25, 0.3) is 0 Å². The molecular weight excluding hydrogens is 300 g/mol. The summed E-state index contributed by atoms with van der Waals surface area (Å²) in [6.07, 6.45) is 0.838. The number of hydrogen-bond donors (Lipinski definition) is 2. The molecule has 8 heteroatoms. The van der Waals surface area contributed by atoms with Gasteiger partial charge in [-0.25, -0.2) is 0 Å². The molecule has 21 heavy (non-hydrogen) atoms. The molecule has 0 saturated carbocycles.